The third kappa shape index (κ3) is 3.88. The second-order valence-corrected chi connectivity index (χ2v) is 7.35. The van der Waals surface area contributed by atoms with Gasteiger partial charge in [-0.25, -0.2) is 8.78 Å². The summed E-state index contributed by atoms with van der Waals surface area (Å²) >= 11 is 0. The summed E-state index contributed by atoms with van der Waals surface area (Å²) in [7, 11) is 0. The van der Waals surface area contributed by atoms with Crippen LogP contribution >= 0.6 is 0 Å². The molecular weight excluding hydrogens is 350 g/mol. The molecule has 1 aromatic carbocycles. The standard InChI is InChI=1S/C21H20F2N2O2/c22-16-7-13(8-17(23)11-16)1-3-18-4-2-14-12-25(6-5-20(14)24-18)19-9-15(10-19)21(26)27/h2,4,7-8,11,15,19-20,24H,5-6,9-10,12H2,(H,26,27). The molecule has 4 nitrogen and oxygen atoms in total. The molecule has 27 heavy (non-hydrogen) atoms. The summed E-state index contributed by atoms with van der Waals surface area (Å²) in [5, 5.41) is 12.4. The maximum absolute atomic E-state index is 13.2. The molecule has 1 saturated heterocycles. The Morgan fingerprint density at radius 2 is 1.89 bits per heavy atom. The third-order valence-electron chi connectivity index (χ3n) is 5.51. The molecule has 2 heterocycles. The Balaban J connectivity index is 1.41. The van der Waals surface area contributed by atoms with Gasteiger partial charge in [0.05, 0.1) is 17.7 Å². The number of carboxylic acid groups (broad SMARTS) is 1. The largest absolute Gasteiger partial charge is 0.481 e. The highest BCUT2D eigenvalue weighted by Gasteiger charge is 2.40. The van der Waals surface area contributed by atoms with Crippen molar-refractivity contribution in [3.05, 3.63) is 58.8 Å². The number of fused-ring (bicyclic) bond motifs is 1. The number of rotatable bonds is 2. The third-order valence-corrected chi connectivity index (χ3v) is 5.51. The Bertz CT molecular complexity index is 871. The highest BCUT2D eigenvalue weighted by molar-refractivity contribution is 5.71. The molecule has 140 valence electrons. The van der Waals surface area contributed by atoms with Gasteiger partial charge in [-0.15, -0.1) is 0 Å². The van der Waals surface area contributed by atoms with Gasteiger partial charge >= 0.3 is 5.97 Å². The van der Waals surface area contributed by atoms with Gasteiger partial charge in [0.2, 0.25) is 0 Å². The van der Waals surface area contributed by atoms with Crippen LogP contribution in [0.3, 0.4) is 0 Å². The van der Waals surface area contributed by atoms with Gasteiger partial charge in [-0.3, -0.25) is 9.69 Å². The predicted octanol–water partition coefficient (Wildman–Crippen LogP) is 2.67. The van der Waals surface area contributed by atoms with E-state index in [1.807, 2.05) is 6.08 Å². The second kappa shape index (κ2) is 7.16. The number of halogens is 2. The lowest BCUT2D eigenvalue weighted by molar-refractivity contribution is -0.147. The fraction of sp³-hybridized carbons (Fsp3) is 0.381. The number of carboxylic acids is 1. The molecular formula is C21H20F2N2O2. The van der Waals surface area contributed by atoms with E-state index in [1.165, 1.54) is 17.7 Å². The Morgan fingerprint density at radius 1 is 1.15 bits per heavy atom. The molecule has 1 atom stereocenters. The predicted molar refractivity (Wildman–Crippen MR) is 96.7 cm³/mol. The van der Waals surface area contributed by atoms with Crippen molar-refractivity contribution in [2.75, 3.05) is 13.1 Å². The molecule has 1 saturated carbocycles. The van der Waals surface area contributed by atoms with Crippen LogP contribution in [0.2, 0.25) is 0 Å². The van der Waals surface area contributed by atoms with Crippen LogP contribution in [-0.4, -0.2) is 41.1 Å². The van der Waals surface area contributed by atoms with Crippen LogP contribution in [0.4, 0.5) is 8.78 Å². The van der Waals surface area contributed by atoms with E-state index in [4.69, 9.17) is 5.11 Å². The lowest BCUT2D eigenvalue weighted by Gasteiger charge is -2.46. The van der Waals surface area contributed by atoms with E-state index in [1.54, 1.807) is 0 Å². The van der Waals surface area contributed by atoms with Gasteiger partial charge < -0.3 is 10.4 Å². The van der Waals surface area contributed by atoms with E-state index in [0.29, 0.717) is 11.6 Å². The zero-order valence-electron chi connectivity index (χ0n) is 14.7. The minimum atomic E-state index is -0.691. The van der Waals surface area contributed by atoms with Gasteiger partial charge in [0.1, 0.15) is 11.6 Å². The van der Waals surface area contributed by atoms with Crippen LogP contribution in [0.15, 0.2) is 41.6 Å². The van der Waals surface area contributed by atoms with Gasteiger partial charge in [-0.2, -0.15) is 0 Å². The van der Waals surface area contributed by atoms with Gasteiger partial charge in [0.15, 0.2) is 0 Å². The molecule has 4 rings (SSSR count). The van der Waals surface area contributed by atoms with E-state index >= 15 is 0 Å². The number of dihydropyridines is 1. The van der Waals surface area contributed by atoms with Gasteiger partial charge in [-0.05, 0) is 49.0 Å². The number of carbonyl (C=O) groups is 1. The number of hydrogen-bond donors (Lipinski definition) is 2. The fourth-order valence-electron chi connectivity index (χ4n) is 3.91. The summed E-state index contributed by atoms with van der Waals surface area (Å²) in [6, 6.07) is 3.81. The summed E-state index contributed by atoms with van der Waals surface area (Å²) in [4.78, 5) is 13.3. The molecule has 0 radical (unpaired) electrons. The maximum atomic E-state index is 13.2. The monoisotopic (exact) mass is 370 g/mol. The summed E-state index contributed by atoms with van der Waals surface area (Å²) in [5.74, 6) is 3.58. The molecule has 2 N–H and O–H groups in total. The molecule has 0 spiro atoms. The molecule has 6 heteroatoms. The average molecular weight is 370 g/mol. The van der Waals surface area contributed by atoms with Crippen LogP contribution in [0.1, 0.15) is 24.8 Å². The van der Waals surface area contributed by atoms with E-state index < -0.39 is 17.6 Å². The van der Waals surface area contributed by atoms with Gasteiger partial charge in [-0.1, -0.05) is 12.0 Å². The Morgan fingerprint density at radius 3 is 2.59 bits per heavy atom. The van der Waals surface area contributed by atoms with Crippen LogP contribution in [-0.2, 0) is 4.79 Å². The fourth-order valence-corrected chi connectivity index (χ4v) is 3.91. The zero-order valence-corrected chi connectivity index (χ0v) is 14.7. The Labute approximate surface area is 156 Å². The first kappa shape index (κ1) is 17.7. The highest BCUT2D eigenvalue weighted by atomic mass is 19.1. The van der Waals surface area contributed by atoms with Crippen molar-refractivity contribution >= 4 is 5.97 Å². The SMILES string of the molecule is O=C(O)C1CC(N2CCC3NC(C#Cc4cc(F)cc(F)c4)=CC=C3C2)C1. The summed E-state index contributed by atoms with van der Waals surface area (Å²) in [6.45, 7) is 1.75. The van der Waals surface area contributed by atoms with Crippen LogP contribution in [0, 0.1) is 29.4 Å². The zero-order chi connectivity index (χ0) is 19.0. The molecule has 0 aromatic heterocycles. The second-order valence-electron chi connectivity index (χ2n) is 7.35. The van der Waals surface area contributed by atoms with Crippen molar-refractivity contribution in [2.24, 2.45) is 5.92 Å². The number of nitrogens with one attached hydrogen (secondary N) is 1. The van der Waals surface area contributed by atoms with E-state index in [2.05, 4.69) is 28.1 Å². The van der Waals surface area contributed by atoms with Crippen molar-refractivity contribution in [3.8, 4) is 11.8 Å². The highest BCUT2D eigenvalue weighted by Crippen LogP contribution is 2.34. The van der Waals surface area contributed by atoms with Gasteiger partial charge in [0, 0.05) is 30.8 Å². The number of likely N-dealkylation sites (tertiary alicyclic amines) is 1. The normalized spacial score (nSPS) is 27.1. The first-order valence-corrected chi connectivity index (χ1v) is 9.10. The number of allylic oxidation sites excluding steroid dienone is 3. The van der Waals surface area contributed by atoms with Crippen molar-refractivity contribution in [1.29, 1.82) is 0 Å². The average Bonchev–Trinajstić information content (AvgIpc) is 2.57. The molecule has 0 bridgehead atoms. The molecule has 0 amide bonds. The number of benzene rings is 1. The molecule has 2 aliphatic heterocycles. The molecule has 2 fully saturated rings. The first-order valence-electron chi connectivity index (χ1n) is 9.10. The topological polar surface area (TPSA) is 52.6 Å². The summed E-state index contributed by atoms with van der Waals surface area (Å²) in [6.07, 6.45) is 6.33. The Kier molecular flexibility index (Phi) is 4.71. The van der Waals surface area contributed by atoms with Crippen molar-refractivity contribution in [2.45, 2.75) is 31.3 Å². The number of nitrogens with zero attached hydrogens (tertiary/aromatic N) is 1. The van der Waals surface area contributed by atoms with Crippen molar-refractivity contribution in [3.63, 3.8) is 0 Å². The van der Waals surface area contributed by atoms with E-state index in [0.717, 1.165) is 44.1 Å². The minimum Gasteiger partial charge on any atom is -0.481 e. The van der Waals surface area contributed by atoms with E-state index in [-0.39, 0.29) is 12.0 Å². The van der Waals surface area contributed by atoms with Crippen molar-refractivity contribution < 1.29 is 18.7 Å². The smallest absolute Gasteiger partial charge is 0.306 e. The number of piperidine rings is 1. The quantitative estimate of drug-likeness (QED) is 0.786. The molecule has 1 aliphatic carbocycles. The maximum Gasteiger partial charge on any atom is 0.306 e. The molecule has 1 aromatic rings. The van der Waals surface area contributed by atoms with E-state index in [9.17, 15) is 13.6 Å². The van der Waals surface area contributed by atoms with Crippen molar-refractivity contribution in [1.82, 2.24) is 10.2 Å². The lowest BCUT2D eigenvalue weighted by Crippen LogP contribution is -2.53. The summed E-state index contributed by atoms with van der Waals surface area (Å²) in [5.41, 5.74) is 2.30. The molecule has 1 unspecified atom stereocenters. The minimum absolute atomic E-state index is 0.194. The van der Waals surface area contributed by atoms with Crippen LogP contribution < -0.4 is 5.32 Å². The van der Waals surface area contributed by atoms with Crippen LogP contribution in [0.5, 0.6) is 0 Å². The van der Waals surface area contributed by atoms with Crippen LogP contribution in [0.25, 0.3) is 0 Å². The number of aliphatic carboxylic acids is 1. The Hall–Kier alpha value is -2.65. The number of hydrogen-bond acceptors (Lipinski definition) is 3. The summed E-state index contributed by atoms with van der Waals surface area (Å²) < 4.78 is 26.5. The van der Waals surface area contributed by atoms with Gasteiger partial charge in [0.25, 0.3) is 0 Å². The molecule has 3 aliphatic rings. The first-order chi connectivity index (χ1) is 13.0. The lowest BCUT2D eigenvalue weighted by atomic mass is 9.78.